The molecule has 6 nitrogen and oxygen atoms in total. The van der Waals surface area contributed by atoms with Crippen LogP contribution >= 0.6 is 0 Å². The maximum absolute atomic E-state index is 11.5. The molecule has 0 saturated carbocycles. The summed E-state index contributed by atoms with van der Waals surface area (Å²) < 4.78 is 4.87. The number of nitrogens with zero attached hydrogens (tertiary/aromatic N) is 2. The van der Waals surface area contributed by atoms with Gasteiger partial charge in [0, 0.05) is 12.6 Å². The van der Waals surface area contributed by atoms with Gasteiger partial charge in [0.15, 0.2) is 5.69 Å². The topological polar surface area (TPSA) is 79.9 Å². The molecule has 0 spiro atoms. The van der Waals surface area contributed by atoms with Crippen molar-refractivity contribution in [1.29, 1.82) is 0 Å². The van der Waals surface area contributed by atoms with Crippen molar-refractivity contribution in [3.05, 3.63) is 11.4 Å². The zero-order chi connectivity index (χ0) is 12.0. The second kappa shape index (κ2) is 6.22. The van der Waals surface area contributed by atoms with Crippen LogP contribution in [0.5, 0.6) is 0 Å². The first kappa shape index (κ1) is 12.6. The van der Waals surface area contributed by atoms with Crippen molar-refractivity contribution in [2.45, 2.75) is 39.8 Å². The molecule has 1 aromatic heterocycles. The molecule has 90 valence electrons. The number of aromatic nitrogens is 3. The molecule has 0 aliphatic carbocycles. The molecular formula is C10H18N4O2. The van der Waals surface area contributed by atoms with Gasteiger partial charge in [-0.05, 0) is 20.3 Å². The van der Waals surface area contributed by atoms with Gasteiger partial charge in [-0.3, -0.25) is 0 Å². The van der Waals surface area contributed by atoms with E-state index in [0.717, 1.165) is 6.42 Å². The largest absolute Gasteiger partial charge is 0.461 e. The van der Waals surface area contributed by atoms with E-state index in [1.165, 1.54) is 0 Å². The fraction of sp³-hybridized carbons (Fsp3) is 0.700. The number of nitrogens with one attached hydrogen (secondary N) is 2. The van der Waals surface area contributed by atoms with Crippen LogP contribution < -0.4 is 5.32 Å². The van der Waals surface area contributed by atoms with E-state index in [9.17, 15) is 4.79 Å². The summed E-state index contributed by atoms with van der Waals surface area (Å²) in [5.41, 5.74) is 0.858. The molecule has 1 rings (SSSR count). The Bertz CT molecular complexity index is 337. The minimum atomic E-state index is -0.433. The number of esters is 1. The summed E-state index contributed by atoms with van der Waals surface area (Å²) in [6, 6.07) is 0.381. The molecule has 0 aliphatic rings. The van der Waals surface area contributed by atoms with Crippen molar-refractivity contribution in [3.63, 3.8) is 0 Å². The first-order chi connectivity index (χ1) is 7.69. The van der Waals surface area contributed by atoms with E-state index < -0.39 is 5.97 Å². The van der Waals surface area contributed by atoms with Crippen LogP contribution in [0.2, 0.25) is 0 Å². The summed E-state index contributed by atoms with van der Waals surface area (Å²) in [6.07, 6.45) is 1.02. The molecule has 16 heavy (non-hydrogen) atoms. The predicted octanol–water partition coefficient (Wildman–Crippen LogP) is 0.869. The Balaban J connectivity index is 2.60. The second-order valence-electron chi connectivity index (χ2n) is 3.53. The van der Waals surface area contributed by atoms with Crippen LogP contribution in [0.1, 0.15) is 43.4 Å². The number of H-pyrrole nitrogens is 1. The number of rotatable bonds is 6. The van der Waals surface area contributed by atoms with E-state index >= 15 is 0 Å². The first-order valence-corrected chi connectivity index (χ1v) is 5.49. The molecule has 0 bridgehead atoms. The molecular weight excluding hydrogens is 208 g/mol. The minimum Gasteiger partial charge on any atom is -0.461 e. The third-order valence-corrected chi connectivity index (χ3v) is 2.32. The fourth-order valence-corrected chi connectivity index (χ4v) is 1.15. The van der Waals surface area contributed by atoms with Crippen LogP contribution in [0, 0.1) is 0 Å². The number of aromatic amines is 1. The number of hydrogen-bond donors (Lipinski definition) is 2. The highest BCUT2D eigenvalue weighted by molar-refractivity contribution is 5.88. The number of hydrogen-bond acceptors (Lipinski definition) is 5. The Hall–Kier alpha value is -1.43. The third kappa shape index (κ3) is 3.30. The molecule has 0 saturated heterocycles. The average Bonchev–Trinajstić information content (AvgIpc) is 2.74. The van der Waals surface area contributed by atoms with E-state index in [2.05, 4.69) is 34.6 Å². The van der Waals surface area contributed by atoms with Gasteiger partial charge in [-0.2, -0.15) is 10.3 Å². The molecule has 0 aliphatic heterocycles. The molecule has 6 heteroatoms. The Morgan fingerprint density at radius 1 is 1.50 bits per heavy atom. The predicted molar refractivity (Wildman–Crippen MR) is 58.9 cm³/mol. The highest BCUT2D eigenvalue weighted by atomic mass is 16.5. The van der Waals surface area contributed by atoms with E-state index in [0.29, 0.717) is 24.9 Å². The van der Waals surface area contributed by atoms with E-state index in [1.807, 2.05) is 0 Å². The van der Waals surface area contributed by atoms with Crippen LogP contribution in [-0.2, 0) is 11.3 Å². The molecule has 1 unspecified atom stereocenters. The van der Waals surface area contributed by atoms with Crippen molar-refractivity contribution in [1.82, 2.24) is 20.7 Å². The lowest BCUT2D eigenvalue weighted by Gasteiger charge is -2.09. The standard InChI is InChI=1S/C10H18N4O2/c1-4-7(3)11-6-8-9(13-14-12-8)10(15)16-5-2/h7,11H,4-6H2,1-3H3,(H,12,13,14). The lowest BCUT2D eigenvalue weighted by atomic mass is 10.2. The van der Waals surface area contributed by atoms with Crippen molar-refractivity contribution >= 4 is 5.97 Å². The van der Waals surface area contributed by atoms with Gasteiger partial charge >= 0.3 is 5.97 Å². The second-order valence-corrected chi connectivity index (χ2v) is 3.53. The number of ether oxygens (including phenoxy) is 1. The van der Waals surface area contributed by atoms with Gasteiger partial charge in [0.1, 0.15) is 5.69 Å². The van der Waals surface area contributed by atoms with E-state index in [-0.39, 0.29) is 5.69 Å². The molecule has 1 atom stereocenters. The molecule has 1 aromatic rings. The van der Waals surface area contributed by atoms with Crippen LogP contribution in [0.15, 0.2) is 0 Å². The summed E-state index contributed by atoms with van der Waals surface area (Å²) in [5, 5.41) is 13.4. The van der Waals surface area contributed by atoms with Crippen LogP contribution in [-0.4, -0.2) is 34.0 Å². The van der Waals surface area contributed by atoms with Crippen molar-refractivity contribution in [2.75, 3.05) is 6.61 Å². The lowest BCUT2D eigenvalue weighted by Crippen LogP contribution is -2.25. The molecule has 0 fully saturated rings. The van der Waals surface area contributed by atoms with Gasteiger partial charge in [0.25, 0.3) is 0 Å². The summed E-state index contributed by atoms with van der Waals surface area (Å²) in [5.74, 6) is -0.433. The molecule has 1 heterocycles. The maximum atomic E-state index is 11.5. The smallest absolute Gasteiger partial charge is 0.360 e. The third-order valence-electron chi connectivity index (χ3n) is 2.32. The summed E-state index contributed by atoms with van der Waals surface area (Å²) in [6.45, 7) is 6.77. The Morgan fingerprint density at radius 2 is 2.25 bits per heavy atom. The average molecular weight is 226 g/mol. The van der Waals surface area contributed by atoms with Crippen molar-refractivity contribution in [3.8, 4) is 0 Å². The first-order valence-electron chi connectivity index (χ1n) is 5.49. The quantitative estimate of drug-likeness (QED) is 0.703. The van der Waals surface area contributed by atoms with Gasteiger partial charge in [-0.25, -0.2) is 4.79 Å². The fourth-order valence-electron chi connectivity index (χ4n) is 1.15. The van der Waals surface area contributed by atoms with E-state index in [4.69, 9.17) is 4.74 Å². The number of carbonyl (C=O) groups excluding carboxylic acids is 1. The molecule has 0 amide bonds. The summed E-state index contributed by atoms with van der Waals surface area (Å²) >= 11 is 0. The minimum absolute atomic E-state index is 0.262. The van der Waals surface area contributed by atoms with E-state index in [1.54, 1.807) is 6.92 Å². The zero-order valence-corrected chi connectivity index (χ0v) is 9.91. The van der Waals surface area contributed by atoms with Crippen LogP contribution in [0.4, 0.5) is 0 Å². The summed E-state index contributed by atoms with van der Waals surface area (Å²) in [4.78, 5) is 11.5. The van der Waals surface area contributed by atoms with Gasteiger partial charge in [-0.1, -0.05) is 6.92 Å². The molecule has 0 aromatic carbocycles. The monoisotopic (exact) mass is 226 g/mol. The number of carbonyl (C=O) groups is 1. The van der Waals surface area contributed by atoms with Gasteiger partial charge in [-0.15, -0.1) is 5.10 Å². The highest BCUT2D eigenvalue weighted by Gasteiger charge is 2.17. The van der Waals surface area contributed by atoms with Crippen LogP contribution in [0.25, 0.3) is 0 Å². The highest BCUT2D eigenvalue weighted by Crippen LogP contribution is 2.03. The Kier molecular flexibility index (Phi) is 4.91. The van der Waals surface area contributed by atoms with Crippen LogP contribution in [0.3, 0.4) is 0 Å². The SMILES string of the molecule is CCOC(=O)c1n[nH]nc1CNC(C)CC. The zero-order valence-electron chi connectivity index (χ0n) is 9.91. The van der Waals surface area contributed by atoms with Crippen molar-refractivity contribution < 1.29 is 9.53 Å². The van der Waals surface area contributed by atoms with Gasteiger partial charge in [0.2, 0.25) is 0 Å². The van der Waals surface area contributed by atoms with Crippen molar-refractivity contribution in [2.24, 2.45) is 0 Å². The molecule has 0 radical (unpaired) electrons. The Morgan fingerprint density at radius 3 is 2.88 bits per heavy atom. The lowest BCUT2D eigenvalue weighted by molar-refractivity contribution is 0.0518. The molecule has 2 N–H and O–H groups in total. The van der Waals surface area contributed by atoms with Gasteiger partial charge < -0.3 is 10.1 Å². The van der Waals surface area contributed by atoms with Gasteiger partial charge in [0.05, 0.1) is 6.61 Å². The Labute approximate surface area is 94.8 Å². The summed E-state index contributed by atoms with van der Waals surface area (Å²) in [7, 11) is 0. The normalized spacial score (nSPS) is 12.4. The maximum Gasteiger partial charge on any atom is 0.360 e.